The van der Waals surface area contributed by atoms with Crippen LogP contribution < -0.4 is 10.1 Å². The molecule has 14 heavy (non-hydrogen) atoms. The second-order valence-corrected chi connectivity index (χ2v) is 3.70. The highest BCUT2D eigenvalue weighted by molar-refractivity contribution is 9.10. The van der Waals surface area contributed by atoms with Crippen LogP contribution in [0.3, 0.4) is 0 Å². The molecule has 0 bridgehead atoms. The fourth-order valence-corrected chi connectivity index (χ4v) is 1.73. The zero-order valence-electron chi connectivity index (χ0n) is 8.23. The third kappa shape index (κ3) is 2.45. The number of ether oxygens (including phenoxy) is 1. The third-order valence-corrected chi connectivity index (χ3v) is 2.73. The maximum atomic E-state index is 13.6. The first-order valence-corrected chi connectivity index (χ1v) is 5.15. The summed E-state index contributed by atoms with van der Waals surface area (Å²) in [5.74, 6) is 0.287. The molecule has 0 heterocycles. The Morgan fingerprint density at radius 1 is 1.50 bits per heavy atom. The number of rotatable bonds is 4. The summed E-state index contributed by atoms with van der Waals surface area (Å²) in [4.78, 5) is 0. The first-order valence-electron chi connectivity index (χ1n) is 4.36. The summed E-state index contributed by atoms with van der Waals surface area (Å²) < 4.78 is 19.0. The lowest BCUT2D eigenvalue weighted by Crippen LogP contribution is -2.11. The molecule has 0 spiro atoms. The number of hydrogen-bond acceptors (Lipinski definition) is 2. The molecule has 2 nitrogen and oxygen atoms in total. The first kappa shape index (κ1) is 11.5. The van der Waals surface area contributed by atoms with Gasteiger partial charge in [-0.2, -0.15) is 0 Å². The van der Waals surface area contributed by atoms with Gasteiger partial charge in [-0.3, -0.25) is 0 Å². The van der Waals surface area contributed by atoms with Gasteiger partial charge in [-0.05, 0) is 47.6 Å². The van der Waals surface area contributed by atoms with Gasteiger partial charge in [-0.1, -0.05) is 6.07 Å². The molecule has 0 fully saturated rings. The molecule has 1 aromatic carbocycles. The number of hydrogen-bond donors (Lipinski definition) is 1. The highest BCUT2D eigenvalue weighted by Gasteiger charge is 2.10. The van der Waals surface area contributed by atoms with Crippen LogP contribution in [0.15, 0.2) is 16.6 Å². The van der Waals surface area contributed by atoms with Gasteiger partial charge in [-0.25, -0.2) is 4.39 Å². The van der Waals surface area contributed by atoms with Crippen LogP contribution in [-0.2, 0) is 6.42 Å². The quantitative estimate of drug-likeness (QED) is 0.899. The summed E-state index contributed by atoms with van der Waals surface area (Å²) in [6.45, 7) is 0.760. The molecule has 4 heteroatoms. The molecular weight excluding hydrogens is 249 g/mol. The number of likely N-dealkylation sites (N-methyl/N-ethyl adjacent to an activating group) is 1. The summed E-state index contributed by atoms with van der Waals surface area (Å²) >= 11 is 3.16. The van der Waals surface area contributed by atoms with Crippen LogP contribution in [-0.4, -0.2) is 20.7 Å². The number of methoxy groups -OCH3 is 1. The zero-order chi connectivity index (χ0) is 10.6. The summed E-state index contributed by atoms with van der Waals surface area (Å²) in [5, 5.41) is 2.98. The van der Waals surface area contributed by atoms with Crippen LogP contribution in [0.2, 0.25) is 0 Å². The standard InChI is InChI=1S/C10H13BrFNO/c1-13-6-5-7-3-4-8(14-2)9(11)10(7)12/h3-4,13H,5-6H2,1-2H3. The van der Waals surface area contributed by atoms with E-state index in [4.69, 9.17) is 4.74 Å². The van der Waals surface area contributed by atoms with Crippen molar-refractivity contribution in [3.05, 3.63) is 28.0 Å². The van der Waals surface area contributed by atoms with E-state index in [1.54, 1.807) is 12.1 Å². The van der Waals surface area contributed by atoms with Crippen LogP contribution >= 0.6 is 15.9 Å². The summed E-state index contributed by atoms with van der Waals surface area (Å²) in [6, 6.07) is 3.51. The SMILES string of the molecule is CNCCc1ccc(OC)c(Br)c1F. The average Bonchev–Trinajstić information content (AvgIpc) is 2.20. The first-order chi connectivity index (χ1) is 6.70. The lowest BCUT2D eigenvalue weighted by atomic mass is 10.1. The van der Waals surface area contributed by atoms with Crippen molar-refractivity contribution in [3.63, 3.8) is 0 Å². The van der Waals surface area contributed by atoms with Crippen LogP contribution in [0.4, 0.5) is 4.39 Å². The predicted molar refractivity (Wildman–Crippen MR) is 58.3 cm³/mol. The van der Waals surface area contributed by atoms with E-state index >= 15 is 0 Å². The smallest absolute Gasteiger partial charge is 0.144 e. The monoisotopic (exact) mass is 261 g/mol. The van der Waals surface area contributed by atoms with E-state index in [2.05, 4.69) is 21.2 Å². The van der Waals surface area contributed by atoms with Gasteiger partial charge in [0.2, 0.25) is 0 Å². The maximum Gasteiger partial charge on any atom is 0.144 e. The molecule has 0 aromatic heterocycles. The Hall–Kier alpha value is -0.610. The molecule has 78 valence electrons. The fourth-order valence-electron chi connectivity index (χ4n) is 1.18. The van der Waals surface area contributed by atoms with Gasteiger partial charge in [0.05, 0.1) is 11.6 Å². The Bertz CT molecular complexity index is 317. The van der Waals surface area contributed by atoms with E-state index in [0.29, 0.717) is 22.2 Å². The topological polar surface area (TPSA) is 21.3 Å². The van der Waals surface area contributed by atoms with Gasteiger partial charge in [0, 0.05) is 0 Å². The highest BCUT2D eigenvalue weighted by atomic mass is 79.9. The van der Waals surface area contributed by atoms with E-state index in [1.165, 1.54) is 7.11 Å². The molecule has 0 aliphatic rings. The normalized spacial score (nSPS) is 10.3. The fraction of sp³-hybridized carbons (Fsp3) is 0.400. The van der Waals surface area contributed by atoms with E-state index < -0.39 is 0 Å². The average molecular weight is 262 g/mol. The van der Waals surface area contributed by atoms with E-state index in [1.807, 2.05) is 7.05 Å². The van der Waals surface area contributed by atoms with Crippen molar-refractivity contribution < 1.29 is 9.13 Å². The minimum atomic E-state index is -0.236. The van der Waals surface area contributed by atoms with Crippen molar-refractivity contribution >= 4 is 15.9 Å². The zero-order valence-corrected chi connectivity index (χ0v) is 9.82. The van der Waals surface area contributed by atoms with Gasteiger partial charge >= 0.3 is 0 Å². The highest BCUT2D eigenvalue weighted by Crippen LogP contribution is 2.29. The lowest BCUT2D eigenvalue weighted by molar-refractivity contribution is 0.407. The largest absolute Gasteiger partial charge is 0.495 e. The van der Waals surface area contributed by atoms with Crippen molar-refractivity contribution in [2.24, 2.45) is 0 Å². The summed E-state index contributed by atoms with van der Waals surface area (Å²) in [5.41, 5.74) is 0.687. The minimum Gasteiger partial charge on any atom is -0.495 e. The van der Waals surface area contributed by atoms with Crippen LogP contribution in [0.5, 0.6) is 5.75 Å². The molecule has 1 aromatic rings. The van der Waals surface area contributed by atoms with E-state index in [-0.39, 0.29) is 5.82 Å². The van der Waals surface area contributed by atoms with Gasteiger partial charge in [-0.15, -0.1) is 0 Å². The number of nitrogens with one attached hydrogen (secondary N) is 1. The second kappa shape index (κ2) is 5.32. The molecule has 0 amide bonds. The Morgan fingerprint density at radius 3 is 2.79 bits per heavy atom. The Kier molecular flexibility index (Phi) is 4.35. The molecule has 0 aliphatic carbocycles. The van der Waals surface area contributed by atoms with Crippen LogP contribution in [0.1, 0.15) is 5.56 Å². The molecule has 1 N–H and O–H groups in total. The lowest BCUT2D eigenvalue weighted by Gasteiger charge is -2.08. The third-order valence-electron chi connectivity index (χ3n) is 1.99. The van der Waals surface area contributed by atoms with E-state index in [9.17, 15) is 4.39 Å². The van der Waals surface area contributed by atoms with E-state index in [0.717, 1.165) is 6.54 Å². The molecule has 0 saturated carbocycles. The van der Waals surface area contributed by atoms with Gasteiger partial charge in [0.1, 0.15) is 11.6 Å². The van der Waals surface area contributed by atoms with Crippen molar-refractivity contribution in [1.82, 2.24) is 5.32 Å². The van der Waals surface area contributed by atoms with Gasteiger partial charge < -0.3 is 10.1 Å². The Labute approximate surface area is 91.6 Å². The van der Waals surface area contributed by atoms with Crippen LogP contribution in [0, 0.1) is 5.82 Å². The van der Waals surface area contributed by atoms with Gasteiger partial charge in [0.25, 0.3) is 0 Å². The molecule has 0 atom stereocenters. The molecule has 0 aliphatic heterocycles. The molecule has 0 saturated heterocycles. The second-order valence-electron chi connectivity index (χ2n) is 2.91. The Morgan fingerprint density at radius 2 is 2.21 bits per heavy atom. The molecular formula is C10H13BrFNO. The van der Waals surface area contributed by atoms with Crippen LogP contribution in [0.25, 0.3) is 0 Å². The van der Waals surface area contributed by atoms with Crippen molar-refractivity contribution in [2.45, 2.75) is 6.42 Å². The van der Waals surface area contributed by atoms with Crippen molar-refractivity contribution in [3.8, 4) is 5.75 Å². The Balaban J connectivity index is 2.92. The van der Waals surface area contributed by atoms with Crippen molar-refractivity contribution in [2.75, 3.05) is 20.7 Å². The maximum absolute atomic E-state index is 13.6. The van der Waals surface area contributed by atoms with Crippen molar-refractivity contribution in [1.29, 1.82) is 0 Å². The molecule has 1 rings (SSSR count). The number of benzene rings is 1. The minimum absolute atomic E-state index is 0.236. The predicted octanol–water partition coefficient (Wildman–Crippen LogP) is 2.36. The van der Waals surface area contributed by atoms with Gasteiger partial charge in [0.15, 0.2) is 0 Å². The molecule has 0 unspecified atom stereocenters. The summed E-state index contributed by atoms with van der Waals surface area (Å²) in [6.07, 6.45) is 0.672. The number of halogens is 2. The molecule has 0 radical (unpaired) electrons. The summed E-state index contributed by atoms with van der Waals surface area (Å²) in [7, 11) is 3.36.